The standard InChI is InChI=1S/C20H14FNO5/c21-12-4-3-5-13(10-12)22-11-16(14-6-1-2-7-15(14)18(22)23)19(24)27-17-8-9-26-20(17)25/h1-7,10-11,17H,8-9H2/t17-/m0/s1. The molecule has 27 heavy (non-hydrogen) atoms. The highest BCUT2D eigenvalue weighted by Gasteiger charge is 2.31. The second-order valence-corrected chi connectivity index (χ2v) is 6.09. The molecule has 0 amide bonds. The van der Waals surface area contributed by atoms with E-state index in [4.69, 9.17) is 9.47 Å². The molecule has 0 saturated carbocycles. The summed E-state index contributed by atoms with van der Waals surface area (Å²) in [5.41, 5.74) is -0.0118. The molecular formula is C20H14FNO5. The van der Waals surface area contributed by atoms with E-state index >= 15 is 0 Å². The van der Waals surface area contributed by atoms with E-state index < -0.39 is 29.4 Å². The minimum absolute atomic E-state index is 0.106. The zero-order valence-corrected chi connectivity index (χ0v) is 14.1. The Morgan fingerprint density at radius 2 is 1.89 bits per heavy atom. The summed E-state index contributed by atoms with van der Waals surface area (Å²) in [4.78, 5) is 37.1. The van der Waals surface area contributed by atoms with Gasteiger partial charge in [0.1, 0.15) is 5.82 Å². The van der Waals surface area contributed by atoms with Gasteiger partial charge in [-0.2, -0.15) is 0 Å². The van der Waals surface area contributed by atoms with Crippen molar-refractivity contribution in [2.45, 2.75) is 12.5 Å². The van der Waals surface area contributed by atoms with E-state index in [1.165, 1.54) is 29.0 Å². The Bertz CT molecular complexity index is 1120. The Morgan fingerprint density at radius 3 is 2.59 bits per heavy atom. The van der Waals surface area contributed by atoms with Crippen molar-refractivity contribution >= 4 is 22.7 Å². The van der Waals surface area contributed by atoms with Crippen molar-refractivity contribution in [1.29, 1.82) is 0 Å². The number of nitrogens with zero attached hydrogens (tertiary/aromatic N) is 1. The molecule has 0 radical (unpaired) electrons. The van der Waals surface area contributed by atoms with Gasteiger partial charge in [-0.25, -0.2) is 14.0 Å². The monoisotopic (exact) mass is 367 g/mol. The van der Waals surface area contributed by atoms with Gasteiger partial charge in [0.25, 0.3) is 5.56 Å². The van der Waals surface area contributed by atoms with E-state index in [0.29, 0.717) is 5.39 Å². The lowest BCUT2D eigenvalue weighted by molar-refractivity contribution is -0.145. The summed E-state index contributed by atoms with van der Waals surface area (Å²) in [5.74, 6) is -1.85. The van der Waals surface area contributed by atoms with E-state index in [1.807, 2.05) is 0 Å². The van der Waals surface area contributed by atoms with E-state index in [9.17, 15) is 18.8 Å². The molecule has 7 heteroatoms. The van der Waals surface area contributed by atoms with Crippen LogP contribution in [0.3, 0.4) is 0 Å². The molecule has 6 nitrogen and oxygen atoms in total. The zero-order valence-electron chi connectivity index (χ0n) is 14.1. The maximum Gasteiger partial charge on any atom is 0.347 e. The molecule has 1 saturated heterocycles. The van der Waals surface area contributed by atoms with Crippen molar-refractivity contribution < 1.29 is 23.5 Å². The minimum atomic E-state index is -0.967. The molecule has 1 atom stereocenters. The van der Waals surface area contributed by atoms with Crippen LogP contribution in [0.4, 0.5) is 4.39 Å². The normalized spacial score (nSPS) is 16.3. The highest BCUT2D eigenvalue weighted by Crippen LogP contribution is 2.21. The van der Waals surface area contributed by atoms with Crippen molar-refractivity contribution in [2.24, 2.45) is 0 Å². The summed E-state index contributed by atoms with van der Waals surface area (Å²) in [7, 11) is 0. The van der Waals surface area contributed by atoms with Crippen LogP contribution in [0.25, 0.3) is 16.5 Å². The second-order valence-electron chi connectivity index (χ2n) is 6.09. The molecule has 1 aliphatic rings. The molecule has 4 rings (SSSR count). The van der Waals surface area contributed by atoms with Gasteiger partial charge in [0.05, 0.1) is 17.9 Å². The van der Waals surface area contributed by atoms with Crippen molar-refractivity contribution in [3.05, 3.63) is 76.5 Å². The average Bonchev–Trinajstić information content (AvgIpc) is 3.07. The number of esters is 2. The third kappa shape index (κ3) is 3.08. The third-order valence-corrected chi connectivity index (χ3v) is 4.37. The van der Waals surface area contributed by atoms with Gasteiger partial charge in [0.2, 0.25) is 6.10 Å². The summed E-state index contributed by atoms with van der Waals surface area (Å²) < 4.78 is 24.9. The number of hydrogen-bond donors (Lipinski definition) is 0. The Morgan fingerprint density at radius 1 is 1.11 bits per heavy atom. The van der Waals surface area contributed by atoms with Crippen molar-refractivity contribution in [3.8, 4) is 5.69 Å². The molecule has 2 aromatic carbocycles. The van der Waals surface area contributed by atoms with Crippen LogP contribution in [0, 0.1) is 5.82 Å². The number of fused-ring (bicyclic) bond motifs is 1. The first-order valence-corrected chi connectivity index (χ1v) is 8.32. The third-order valence-electron chi connectivity index (χ3n) is 4.37. The summed E-state index contributed by atoms with van der Waals surface area (Å²) >= 11 is 0. The fourth-order valence-corrected chi connectivity index (χ4v) is 3.05. The molecule has 1 aromatic heterocycles. The highest BCUT2D eigenvalue weighted by atomic mass is 19.1. The van der Waals surface area contributed by atoms with Gasteiger partial charge in [-0.1, -0.05) is 24.3 Å². The van der Waals surface area contributed by atoms with E-state index in [1.54, 1.807) is 30.3 Å². The first-order chi connectivity index (χ1) is 13.0. The Balaban J connectivity index is 1.86. The van der Waals surface area contributed by atoms with Gasteiger partial charge in [0, 0.05) is 23.4 Å². The number of rotatable bonds is 3. The first-order valence-electron chi connectivity index (χ1n) is 8.32. The number of benzene rings is 2. The molecule has 0 aliphatic carbocycles. The fraction of sp³-hybridized carbons (Fsp3) is 0.150. The molecule has 0 N–H and O–H groups in total. The maximum absolute atomic E-state index is 13.6. The Hall–Kier alpha value is -3.48. The molecule has 3 aromatic rings. The second kappa shape index (κ2) is 6.68. The minimum Gasteiger partial charge on any atom is -0.463 e. The Kier molecular flexibility index (Phi) is 4.19. The van der Waals surface area contributed by atoms with Crippen LogP contribution < -0.4 is 5.56 Å². The van der Waals surface area contributed by atoms with E-state index in [-0.39, 0.29) is 29.7 Å². The van der Waals surface area contributed by atoms with Crippen LogP contribution in [0.1, 0.15) is 16.8 Å². The van der Waals surface area contributed by atoms with Crippen LogP contribution >= 0.6 is 0 Å². The summed E-state index contributed by atoms with van der Waals surface area (Å²) in [6, 6.07) is 12.0. The molecule has 0 spiro atoms. The van der Waals surface area contributed by atoms with Gasteiger partial charge < -0.3 is 9.47 Å². The molecule has 1 fully saturated rings. The lowest BCUT2D eigenvalue weighted by Gasteiger charge is -2.13. The van der Waals surface area contributed by atoms with E-state index in [2.05, 4.69) is 0 Å². The van der Waals surface area contributed by atoms with Crippen LogP contribution in [0.5, 0.6) is 0 Å². The molecular weight excluding hydrogens is 353 g/mol. The van der Waals surface area contributed by atoms with Crippen LogP contribution in [0.2, 0.25) is 0 Å². The van der Waals surface area contributed by atoms with Crippen molar-refractivity contribution in [2.75, 3.05) is 6.61 Å². The Labute approximate surface area is 152 Å². The molecule has 2 heterocycles. The van der Waals surface area contributed by atoms with Gasteiger partial charge in [0.15, 0.2) is 0 Å². The van der Waals surface area contributed by atoms with Crippen LogP contribution in [-0.2, 0) is 14.3 Å². The first kappa shape index (κ1) is 17.0. The SMILES string of the molecule is O=C(O[C@H]1CCOC1=O)c1cn(-c2cccc(F)c2)c(=O)c2ccccc12. The number of carbonyl (C=O) groups is 2. The van der Waals surface area contributed by atoms with Crippen LogP contribution in [0.15, 0.2) is 59.5 Å². The molecule has 136 valence electrons. The van der Waals surface area contributed by atoms with Crippen LogP contribution in [-0.4, -0.2) is 29.2 Å². The number of carbonyl (C=O) groups excluding carboxylic acids is 2. The number of cyclic esters (lactones) is 1. The molecule has 1 aliphatic heterocycles. The largest absolute Gasteiger partial charge is 0.463 e. The molecule has 0 unspecified atom stereocenters. The lowest BCUT2D eigenvalue weighted by Crippen LogP contribution is -2.25. The van der Waals surface area contributed by atoms with Gasteiger partial charge in [-0.15, -0.1) is 0 Å². The van der Waals surface area contributed by atoms with Gasteiger partial charge in [-0.05, 0) is 24.3 Å². The fourth-order valence-electron chi connectivity index (χ4n) is 3.05. The summed E-state index contributed by atoms with van der Waals surface area (Å²) in [6.07, 6.45) is 0.625. The highest BCUT2D eigenvalue weighted by molar-refractivity contribution is 6.04. The smallest absolute Gasteiger partial charge is 0.347 e. The van der Waals surface area contributed by atoms with Crippen molar-refractivity contribution in [1.82, 2.24) is 4.57 Å². The predicted octanol–water partition coefficient (Wildman–Crippen LogP) is 2.60. The predicted molar refractivity (Wildman–Crippen MR) is 94.3 cm³/mol. The maximum atomic E-state index is 13.6. The number of ether oxygens (including phenoxy) is 2. The average molecular weight is 367 g/mol. The number of pyridine rings is 1. The lowest BCUT2D eigenvalue weighted by atomic mass is 10.1. The number of halogens is 1. The number of aromatic nitrogens is 1. The topological polar surface area (TPSA) is 74.6 Å². The zero-order chi connectivity index (χ0) is 19.0. The van der Waals surface area contributed by atoms with Gasteiger partial charge >= 0.3 is 11.9 Å². The van der Waals surface area contributed by atoms with E-state index in [0.717, 1.165) is 0 Å². The molecule has 0 bridgehead atoms. The number of hydrogen-bond acceptors (Lipinski definition) is 5. The van der Waals surface area contributed by atoms with Gasteiger partial charge in [-0.3, -0.25) is 9.36 Å². The summed E-state index contributed by atoms with van der Waals surface area (Å²) in [6.45, 7) is 0.195. The summed E-state index contributed by atoms with van der Waals surface area (Å²) in [5, 5.41) is 0.678. The van der Waals surface area contributed by atoms with Crippen molar-refractivity contribution in [3.63, 3.8) is 0 Å². The quantitative estimate of drug-likeness (QED) is 0.665.